The molecule has 0 N–H and O–H groups in total. The first-order valence-electron chi connectivity index (χ1n) is 10.6. The highest BCUT2D eigenvalue weighted by atomic mass is 79.9. The van der Waals surface area contributed by atoms with Crippen molar-refractivity contribution in [2.45, 2.75) is 64.7 Å². The SMILES string of the molecule is CC(C)(C)OC(=O)N1CC[C@H](Cc2cc(Br)cc3c2cnn3C2CCCCO2)C1. The van der Waals surface area contributed by atoms with E-state index in [4.69, 9.17) is 9.47 Å². The second-order valence-corrected chi connectivity index (χ2v) is 10.1. The van der Waals surface area contributed by atoms with Crippen molar-refractivity contribution in [3.63, 3.8) is 0 Å². The number of hydrogen-bond acceptors (Lipinski definition) is 4. The summed E-state index contributed by atoms with van der Waals surface area (Å²) in [6.07, 6.45) is 7.01. The van der Waals surface area contributed by atoms with Crippen molar-refractivity contribution in [2.24, 2.45) is 5.92 Å². The van der Waals surface area contributed by atoms with E-state index >= 15 is 0 Å². The summed E-state index contributed by atoms with van der Waals surface area (Å²) < 4.78 is 14.6. The maximum atomic E-state index is 12.4. The van der Waals surface area contributed by atoms with Crippen LogP contribution in [0.4, 0.5) is 4.79 Å². The van der Waals surface area contributed by atoms with Gasteiger partial charge in [-0.1, -0.05) is 15.9 Å². The molecule has 2 aromatic rings. The van der Waals surface area contributed by atoms with Crippen molar-refractivity contribution in [1.82, 2.24) is 14.7 Å². The van der Waals surface area contributed by atoms with Crippen LogP contribution in [0.5, 0.6) is 0 Å². The van der Waals surface area contributed by atoms with Gasteiger partial charge in [-0.05, 0) is 76.5 Å². The number of rotatable bonds is 3. The lowest BCUT2D eigenvalue weighted by molar-refractivity contribution is -0.0366. The van der Waals surface area contributed by atoms with E-state index in [2.05, 4.69) is 33.2 Å². The molecule has 1 aromatic heterocycles. The maximum absolute atomic E-state index is 12.4. The molecule has 29 heavy (non-hydrogen) atoms. The molecule has 0 bridgehead atoms. The van der Waals surface area contributed by atoms with Crippen molar-refractivity contribution < 1.29 is 14.3 Å². The molecule has 1 aromatic carbocycles. The number of amides is 1. The number of ether oxygens (including phenoxy) is 2. The Hall–Kier alpha value is -1.60. The van der Waals surface area contributed by atoms with Gasteiger partial charge in [-0.2, -0.15) is 5.10 Å². The van der Waals surface area contributed by atoms with E-state index in [0.717, 1.165) is 55.4 Å². The number of carbonyl (C=O) groups is 1. The van der Waals surface area contributed by atoms with Crippen molar-refractivity contribution in [1.29, 1.82) is 0 Å². The third-order valence-corrected chi connectivity index (χ3v) is 6.10. The van der Waals surface area contributed by atoms with Gasteiger partial charge in [-0.15, -0.1) is 0 Å². The van der Waals surface area contributed by atoms with Crippen LogP contribution >= 0.6 is 15.9 Å². The molecule has 2 aliphatic heterocycles. The van der Waals surface area contributed by atoms with E-state index < -0.39 is 5.60 Å². The average molecular weight is 464 g/mol. The highest BCUT2D eigenvalue weighted by Crippen LogP contribution is 2.32. The minimum atomic E-state index is -0.457. The van der Waals surface area contributed by atoms with Gasteiger partial charge in [0.2, 0.25) is 0 Å². The van der Waals surface area contributed by atoms with Crippen molar-refractivity contribution in [3.05, 3.63) is 28.4 Å². The lowest BCUT2D eigenvalue weighted by atomic mass is 9.96. The molecule has 0 saturated carbocycles. The minimum absolute atomic E-state index is 0.0255. The molecule has 0 radical (unpaired) electrons. The number of aromatic nitrogens is 2. The zero-order chi connectivity index (χ0) is 20.6. The van der Waals surface area contributed by atoms with E-state index in [1.165, 1.54) is 17.4 Å². The zero-order valence-corrected chi connectivity index (χ0v) is 19.1. The number of halogens is 1. The fraction of sp³-hybridized carbons (Fsp3) is 0.636. The molecule has 2 saturated heterocycles. The number of hydrogen-bond donors (Lipinski definition) is 0. The number of likely N-dealkylation sites (tertiary alicyclic amines) is 1. The van der Waals surface area contributed by atoms with Crippen molar-refractivity contribution >= 4 is 32.9 Å². The molecule has 0 aliphatic carbocycles. The predicted molar refractivity (Wildman–Crippen MR) is 116 cm³/mol. The first-order chi connectivity index (χ1) is 13.8. The van der Waals surface area contributed by atoms with Gasteiger partial charge in [0, 0.05) is 29.6 Å². The van der Waals surface area contributed by atoms with Gasteiger partial charge in [-0.25, -0.2) is 9.48 Å². The predicted octanol–water partition coefficient (Wildman–Crippen LogP) is 5.30. The van der Waals surface area contributed by atoms with Crippen LogP contribution in [0.1, 0.15) is 58.2 Å². The molecular formula is C22H30BrN3O3. The van der Waals surface area contributed by atoms with E-state index in [-0.39, 0.29) is 12.3 Å². The van der Waals surface area contributed by atoms with Gasteiger partial charge in [0.15, 0.2) is 6.23 Å². The topological polar surface area (TPSA) is 56.6 Å². The Morgan fingerprint density at radius 1 is 1.31 bits per heavy atom. The number of benzene rings is 1. The summed E-state index contributed by atoms with van der Waals surface area (Å²) in [5, 5.41) is 5.84. The summed E-state index contributed by atoms with van der Waals surface area (Å²) in [5.74, 6) is 0.425. The molecule has 3 heterocycles. The van der Waals surface area contributed by atoms with Crippen LogP contribution in [0.3, 0.4) is 0 Å². The van der Waals surface area contributed by atoms with Crippen LogP contribution in [0.15, 0.2) is 22.8 Å². The third kappa shape index (κ3) is 4.77. The monoisotopic (exact) mass is 463 g/mol. The lowest BCUT2D eigenvalue weighted by Gasteiger charge is -2.24. The maximum Gasteiger partial charge on any atom is 0.410 e. The van der Waals surface area contributed by atoms with E-state index in [1.807, 2.05) is 36.5 Å². The smallest absolute Gasteiger partial charge is 0.410 e. The molecule has 2 aliphatic rings. The lowest BCUT2D eigenvalue weighted by Crippen LogP contribution is -2.35. The average Bonchev–Trinajstić information content (AvgIpc) is 3.28. The number of carbonyl (C=O) groups excluding carboxylic acids is 1. The second kappa shape index (κ2) is 8.26. The van der Waals surface area contributed by atoms with Gasteiger partial charge in [0.25, 0.3) is 0 Å². The van der Waals surface area contributed by atoms with E-state index in [0.29, 0.717) is 5.92 Å². The quantitative estimate of drug-likeness (QED) is 0.619. The fourth-order valence-electron chi connectivity index (χ4n) is 4.30. The molecule has 158 valence electrons. The van der Waals surface area contributed by atoms with Gasteiger partial charge >= 0.3 is 6.09 Å². The molecule has 7 heteroatoms. The Kier molecular flexibility index (Phi) is 5.89. The highest BCUT2D eigenvalue weighted by molar-refractivity contribution is 9.10. The minimum Gasteiger partial charge on any atom is -0.444 e. The van der Waals surface area contributed by atoms with Gasteiger partial charge in [0.05, 0.1) is 11.7 Å². The molecule has 6 nitrogen and oxygen atoms in total. The summed E-state index contributed by atoms with van der Waals surface area (Å²) in [4.78, 5) is 14.2. The Morgan fingerprint density at radius 3 is 2.86 bits per heavy atom. The van der Waals surface area contributed by atoms with Crippen molar-refractivity contribution in [3.8, 4) is 0 Å². The van der Waals surface area contributed by atoms with Gasteiger partial charge in [0.1, 0.15) is 5.60 Å². The first kappa shape index (κ1) is 20.7. The summed E-state index contributed by atoms with van der Waals surface area (Å²) >= 11 is 3.68. The standard InChI is InChI=1S/C22H30BrN3O3/c1-22(2,3)29-21(27)25-8-7-15(14-25)10-16-11-17(23)12-19-18(16)13-24-26(19)20-6-4-5-9-28-20/h11-13,15,20H,4-10,14H2,1-3H3/t15-,20?/m1/s1. The third-order valence-electron chi connectivity index (χ3n) is 5.64. The highest BCUT2D eigenvalue weighted by Gasteiger charge is 2.30. The zero-order valence-electron chi connectivity index (χ0n) is 17.5. The summed E-state index contributed by atoms with van der Waals surface area (Å²) in [6, 6.07) is 4.32. The van der Waals surface area contributed by atoms with Crippen LogP contribution in [0, 0.1) is 5.92 Å². The van der Waals surface area contributed by atoms with E-state index in [9.17, 15) is 4.79 Å². The van der Waals surface area contributed by atoms with Gasteiger partial charge < -0.3 is 14.4 Å². The molecule has 1 amide bonds. The molecule has 0 spiro atoms. The summed E-state index contributed by atoms with van der Waals surface area (Å²) in [5.41, 5.74) is 1.93. The van der Waals surface area contributed by atoms with Crippen molar-refractivity contribution in [2.75, 3.05) is 19.7 Å². The number of nitrogens with zero attached hydrogens (tertiary/aromatic N) is 3. The number of fused-ring (bicyclic) bond motifs is 1. The molecular weight excluding hydrogens is 434 g/mol. The second-order valence-electron chi connectivity index (χ2n) is 9.19. The van der Waals surface area contributed by atoms with Crippen LogP contribution < -0.4 is 0 Å². The van der Waals surface area contributed by atoms with Crippen LogP contribution in [0.25, 0.3) is 10.9 Å². The Labute approximate surface area is 180 Å². The normalized spacial score (nSPS) is 23.0. The largest absolute Gasteiger partial charge is 0.444 e. The van der Waals surface area contributed by atoms with Crippen LogP contribution in [-0.2, 0) is 15.9 Å². The molecule has 2 atom stereocenters. The Balaban J connectivity index is 1.50. The molecule has 1 unspecified atom stereocenters. The van der Waals surface area contributed by atoms with Crippen LogP contribution in [0.2, 0.25) is 0 Å². The molecule has 4 rings (SSSR count). The van der Waals surface area contributed by atoms with Gasteiger partial charge in [-0.3, -0.25) is 0 Å². The Morgan fingerprint density at radius 2 is 2.14 bits per heavy atom. The first-order valence-corrected chi connectivity index (χ1v) is 11.3. The van der Waals surface area contributed by atoms with Crippen LogP contribution in [-0.4, -0.2) is 46.1 Å². The Bertz CT molecular complexity index is 883. The summed E-state index contributed by atoms with van der Waals surface area (Å²) in [7, 11) is 0. The summed E-state index contributed by atoms with van der Waals surface area (Å²) in [6.45, 7) is 8.02. The molecule has 2 fully saturated rings. The fourth-order valence-corrected chi connectivity index (χ4v) is 4.79. The van der Waals surface area contributed by atoms with E-state index in [1.54, 1.807) is 0 Å².